The molecule has 1 aliphatic carbocycles. The first kappa shape index (κ1) is 17.1. The van der Waals surface area contributed by atoms with Gasteiger partial charge < -0.3 is 5.32 Å². The van der Waals surface area contributed by atoms with Crippen molar-refractivity contribution in [2.75, 3.05) is 0 Å². The van der Waals surface area contributed by atoms with Gasteiger partial charge >= 0.3 is 0 Å². The minimum atomic E-state index is 0.00682. The summed E-state index contributed by atoms with van der Waals surface area (Å²) in [4.78, 5) is 12.5. The summed E-state index contributed by atoms with van der Waals surface area (Å²) in [6.07, 6.45) is 5.86. The second-order valence-corrected chi connectivity index (χ2v) is 7.40. The zero-order valence-corrected chi connectivity index (χ0v) is 15.6. The second kappa shape index (κ2) is 7.12. The molecule has 1 aromatic heterocycles. The van der Waals surface area contributed by atoms with Crippen molar-refractivity contribution < 1.29 is 4.79 Å². The van der Waals surface area contributed by atoms with Gasteiger partial charge in [-0.05, 0) is 37.1 Å². The van der Waals surface area contributed by atoms with Gasteiger partial charge in [-0.15, -0.1) is 0 Å². The van der Waals surface area contributed by atoms with Crippen LogP contribution in [-0.2, 0) is 7.05 Å². The van der Waals surface area contributed by atoms with Crippen LogP contribution in [0.4, 0.5) is 0 Å². The summed E-state index contributed by atoms with van der Waals surface area (Å²) in [5.41, 5.74) is 3.47. The molecule has 0 saturated heterocycles. The Morgan fingerprint density at radius 3 is 2.58 bits per heavy atom. The number of halogens is 1. The fourth-order valence-electron chi connectivity index (χ4n) is 3.77. The van der Waals surface area contributed by atoms with Gasteiger partial charge in [-0.3, -0.25) is 9.48 Å². The lowest BCUT2D eigenvalue weighted by atomic mass is 9.95. The van der Waals surface area contributed by atoms with E-state index in [1.54, 1.807) is 0 Å². The molecule has 0 atom stereocenters. The number of carbonyl (C=O) groups is 1. The molecule has 0 bridgehead atoms. The average molecular weight is 368 g/mol. The Morgan fingerprint density at radius 1 is 1.12 bits per heavy atom. The molecule has 4 nitrogen and oxygen atoms in total. The van der Waals surface area contributed by atoms with Crippen LogP contribution in [0, 0.1) is 0 Å². The van der Waals surface area contributed by atoms with E-state index in [9.17, 15) is 4.79 Å². The van der Waals surface area contributed by atoms with E-state index >= 15 is 0 Å². The molecule has 1 aliphatic rings. The molecule has 1 saturated carbocycles. The lowest BCUT2D eigenvalue weighted by Gasteiger charge is -2.22. The molecule has 3 aromatic rings. The third-order valence-electron chi connectivity index (χ3n) is 5.19. The van der Waals surface area contributed by atoms with Gasteiger partial charge in [0.05, 0.1) is 10.5 Å². The molecule has 1 N–H and O–H groups in total. The van der Waals surface area contributed by atoms with E-state index in [1.807, 2.05) is 54.2 Å². The SMILES string of the molecule is Cn1nc(-c2ccc(C(=O)NC3CCCCC3)cc2)c2c(Cl)cccc21. The molecule has 4 rings (SSSR count). The van der Waals surface area contributed by atoms with E-state index < -0.39 is 0 Å². The Hall–Kier alpha value is -2.33. The lowest BCUT2D eigenvalue weighted by Crippen LogP contribution is -2.36. The smallest absolute Gasteiger partial charge is 0.251 e. The summed E-state index contributed by atoms with van der Waals surface area (Å²) in [5.74, 6) is 0.00682. The van der Waals surface area contributed by atoms with Crippen molar-refractivity contribution in [1.82, 2.24) is 15.1 Å². The number of nitrogens with zero attached hydrogens (tertiary/aromatic N) is 2. The van der Waals surface area contributed by atoms with Crippen molar-refractivity contribution in [2.45, 2.75) is 38.1 Å². The van der Waals surface area contributed by atoms with Crippen molar-refractivity contribution in [3.8, 4) is 11.3 Å². The highest BCUT2D eigenvalue weighted by molar-refractivity contribution is 6.36. The number of carbonyl (C=O) groups excluding carboxylic acids is 1. The molecule has 0 radical (unpaired) electrons. The third kappa shape index (κ3) is 3.21. The number of amides is 1. The first-order chi connectivity index (χ1) is 12.6. The summed E-state index contributed by atoms with van der Waals surface area (Å²) in [5, 5.41) is 9.40. The van der Waals surface area contributed by atoms with Gasteiger partial charge in [0.25, 0.3) is 5.91 Å². The summed E-state index contributed by atoms with van der Waals surface area (Å²) < 4.78 is 1.83. The molecule has 134 valence electrons. The normalized spacial score (nSPS) is 15.3. The van der Waals surface area contributed by atoms with Crippen molar-refractivity contribution in [2.24, 2.45) is 7.05 Å². The number of hydrogen-bond donors (Lipinski definition) is 1. The maximum Gasteiger partial charge on any atom is 0.251 e. The van der Waals surface area contributed by atoms with Crippen LogP contribution in [0.2, 0.25) is 5.02 Å². The van der Waals surface area contributed by atoms with Gasteiger partial charge in [0.15, 0.2) is 0 Å². The van der Waals surface area contributed by atoms with Gasteiger partial charge in [0.2, 0.25) is 0 Å². The molecule has 0 spiro atoms. The minimum Gasteiger partial charge on any atom is -0.349 e. The van der Waals surface area contributed by atoms with Crippen LogP contribution in [0.5, 0.6) is 0 Å². The van der Waals surface area contributed by atoms with E-state index in [1.165, 1.54) is 19.3 Å². The van der Waals surface area contributed by atoms with E-state index in [2.05, 4.69) is 10.4 Å². The minimum absolute atomic E-state index is 0.00682. The zero-order valence-electron chi connectivity index (χ0n) is 14.8. The van der Waals surface area contributed by atoms with E-state index in [0.29, 0.717) is 16.6 Å². The fourth-order valence-corrected chi connectivity index (χ4v) is 4.03. The number of aromatic nitrogens is 2. The monoisotopic (exact) mass is 367 g/mol. The maximum atomic E-state index is 12.5. The number of rotatable bonds is 3. The Bertz CT molecular complexity index is 940. The molecule has 5 heteroatoms. The van der Waals surface area contributed by atoms with Crippen LogP contribution in [0.25, 0.3) is 22.2 Å². The molecular formula is C21H22ClN3O. The number of aryl methyl sites for hydroxylation is 1. The maximum absolute atomic E-state index is 12.5. The summed E-state index contributed by atoms with van der Waals surface area (Å²) in [6, 6.07) is 13.7. The Kier molecular flexibility index (Phi) is 4.68. The molecular weight excluding hydrogens is 346 g/mol. The fraction of sp³-hybridized carbons (Fsp3) is 0.333. The molecule has 2 aromatic carbocycles. The predicted molar refractivity (Wildman–Crippen MR) is 105 cm³/mol. The van der Waals surface area contributed by atoms with Crippen LogP contribution < -0.4 is 5.32 Å². The van der Waals surface area contributed by atoms with Crippen LogP contribution in [0.15, 0.2) is 42.5 Å². The van der Waals surface area contributed by atoms with Crippen LogP contribution in [0.1, 0.15) is 42.5 Å². The molecule has 1 heterocycles. The van der Waals surface area contributed by atoms with Crippen LogP contribution >= 0.6 is 11.6 Å². The quantitative estimate of drug-likeness (QED) is 0.711. The summed E-state index contributed by atoms with van der Waals surface area (Å²) in [6.45, 7) is 0. The second-order valence-electron chi connectivity index (χ2n) is 6.99. The van der Waals surface area contributed by atoms with Crippen LogP contribution in [-0.4, -0.2) is 21.7 Å². The van der Waals surface area contributed by atoms with Gasteiger partial charge in [-0.25, -0.2) is 0 Å². The van der Waals surface area contributed by atoms with Gasteiger partial charge in [0.1, 0.15) is 5.69 Å². The van der Waals surface area contributed by atoms with E-state index in [-0.39, 0.29) is 5.91 Å². The molecule has 26 heavy (non-hydrogen) atoms. The van der Waals surface area contributed by atoms with Crippen molar-refractivity contribution in [1.29, 1.82) is 0 Å². The Balaban J connectivity index is 1.59. The first-order valence-electron chi connectivity index (χ1n) is 9.16. The molecule has 0 unspecified atom stereocenters. The van der Waals surface area contributed by atoms with Gasteiger partial charge in [-0.1, -0.05) is 49.1 Å². The van der Waals surface area contributed by atoms with E-state index in [0.717, 1.165) is 35.0 Å². The zero-order chi connectivity index (χ0) is 18.1. The summed E-state index contributed by atoms with van der Waals surface area (Å²) >= 11 is 6.40. The number of hydrogen-bond acceptors (Lipinski definition) is 2. The average Bonchev–Trinajstić information content (AvgIpc) is 3.01. The number of benzene rings is 2. The Labute approximate surface area is 158 Å². The highest BCUT2D eigenvalue weighted by atomic mass is 35.5. The third-order valence-corrected chi connectivity index (χ3v) is 5.50. The molecule has 0 aliphatic heterocycles. The van der Waals surface area contributed by atoms with E-state index in [4.69, 9.17) is 11.6 Å². The largest absolute Gasteiger partial charge is 0.349 e. The van der Waals surface area contributed by atoms with Crippen molar-refractivity contribution >= 4 is 28.4 Å². The van der Waals surface area contributed by atoms with Crippen molar-refractivity contribution in [3.05, 3.63) is 53.1 Å². The van der Waals surface area contributed by atoms with Gasteiger partial charge in [-0.2, -0.15) is 5.10 Å². The van der Waals surface area contributed by atoms with Gasteiger partial charge in [0, 0.05) is 29.6 Å². The lowest BCUT2D eigenvalue weighted by molar-refractivity contribution is 0.0927. The predicted octanol–water partition coefficient (Wildman–Crippen LogP) is 4.96. The topological polar surface area (TPSA) is 46.9 Å². The standard InChI is InChI=1S/C21H22ClN3O/c1-25-18-9-5-8-17(22)19(18)20(24-25)14-10-12-15(13-11-14)21(26)23-16-6-3-2-4-7-16/h5,8-13,16H,2-4,6-7H2,1H3,(H,23,26). The van der Waals surface area contributed by atoms with Crippen molar-refractivity contribution in [3.63, 3.8) is 0 Å². The number of nitrogens with one attached hydrogen (secondary N) is 1. The highest BCUT2D eigenvalue weighted by Crippen LogP contribution is 2.33. The highest BCUT2D eigenvalue weighted by Gasteiger charge is 2.17. The molecule has 1 amide bonds. The van der Waals surface area contributed by atoms with Crippen LogP contribution in [0.3, 0.4) is 0 Å². The summed E-state index contributed by atoms with van der Waals surface area (Å²) in [7, 11) is 1.91. The molecule has 1 fully saturated rings. The first-order valence-corrected chi connectivity index (χ1v) is 9.54. The Morgan fingerprint density at radius 2 is 1.85 bits per heavy atom. The number of fused-ring (bicyclic) bond motifs is 1.